The van der Waals surface area contributed by atoms with Gasteiger partial charge < -0.3 is 25.4 Å². The van der Waals surface area contributed by atoms with E-state index in [0.717, 1.165) is 4.90 Å². The van der Waals surface area contributed by atoms with Gasteiger partial charge >= 0.3 is 13.9 Å². The molecule has 0 aliphatic carbocycles. The Hall–Kier alpha value is -2.67. The van der Waals surface area contributed by atoms with E-state index in [1.54, 1.807) is 24.3 Å². The van der Waals surface area contributed by atoms with Gasteiger partial charge in [0.05, 0.1) is 35.4 Å². The van der Waals surface area contributed by atoms with E-state index in [2.05, 4.69) is 0 Å². The van der Waals surface area contributed by atoms with Gasteiger partial charge in [-0.3, -0.25) is 13.7 Å². The zero-order valence-electron chi connectivity index (χ0n) is 22.1. The van der Waals surface area contributed by atoms with Crippen LogP contribution in [0, 0.1) is 5.92 Å². The smallest absolute Gasteiger partial charge is 0.465 e. The minimum Gasteiger partial charge on any atom is -0.465 e. The Kier molecular flexibility index (Phi) is 10.0. The van der Waals surface area contributed by atoms with E-state index in [-0.39, 0.29) is 30.4 Å². The van der Waals surface area contributed by atoms with E-state index in [1.807, 2.05) is 13.8 Å². The van der Waals surface area contributed by atoms with Crippen molar-refractivity contribution in [3.05, 3.63) is 54.1 Å². The van der Waals surface area contributed by atoms with Crippen molar-refractivity contribution in [1.82, 2.24) is 4.90 Å². The highest BCUT2D eigenvalue weighted by Crippen LogP contribution is 2.40. The second kappa shape index (κ2) is 12.7. The molecule has 1 heterocycles. The van der Waals surface area contributed by atoms with Crippen molar-refractivity contribution in [3.8, 4) is 0 Å². The number of carboxylic acid groups (broad SMARTS) is 1. The number of phosphoric ester groups is 1. The van der Waals surface area contributed by atoms with Crippen LogP contribution in [0.1, 0.15) is 32.8 Å². The summed E-state index contributed by atoms with van der Waals surface area (Å²) in [6.45, 7) is 6.11. The summed E-state index contributed by atoms with van der Waals surface area (Å²) in [5.41, 5.74) is 7.13. The Balaban J connectivity index is 1.89. The Morgan fingerprint density at radius 1 is 1.13 bits per heavy atom. The highest BCUT2D eigenvalue weighted by atomic mass is 32.2. The summed E-state index contributed by atoms with van der Waals surface area (Å²) in [7, 11) is -8.87. The van der Waals surface area contributed by atoms with Gasteiger partial charge in [0.1, 0.15) is 0 Å². The van der Waals surface area contributed by atoms with Crippen LogP contribution in [0.25, 0.3) is 0 Å². The molecule has 3 atom stereocenters. The van der Waals surface area contributed by atoms with Gasteiger partial charge in [0, 0.05) is 25.3 Å². The second-order valence-corrected chi connectivity index (χ2v) is 13.0. The molecule has 0 radical (unpaired) electrons. The highest BCUT2D eigenvalue weighted by molar-refractivity contribution is 7.92. The number of benzene rings is 2. The lowest BCUT2D eigenvalue weighted by molar-refractivity contribution is 0.0290. The predicted molar refractivity (Wildman–Crippen MR) is 146 cm³/mol. The van der Waals surface area contributed by atoms with E-state index in [9.17, 15) is 32.7 Å². The molecule has 0 unspecified atom stereocenters. The summed E-state index contributed by atoms with van der Waals surface area (Å²) in [5.74, 6) is 0.0108. The first-order chi connectivity index (χ1) is 18.2. The number of nitrogens with zero attached hydrogens (tertiary/aromatic N) is 2. The van der Waals surface area contributed by atoms with E-state index in [4.69, 9.17) is 15.0 Å². The maximum atomic E-state index is 13.5. The van der Waals surface area contributed by atoms with Crippen molar-refractivity contribution < 1.29 is 41.9 Å². The Bertz CT molecular complexity index is 1260. The van der Waals surface area contributed by atoms with Gasteiger partial charge in [-0.15, -0.1) is 0 Å². The zero-order valence-corrected chi connectivity index (χ0v) is 23.8. The summed E-state index contributed by atoms with van der Waals surface area (Å²) in [6.07, 6.45) is -2.00. The predicted octanol–water partition coefficient (Wildman–Crippen LogP) is 3.30. The van der Waals surface area contributed by atoms with Crippen LogP contribution in [0.3, 0.4) is 0 Å². The summed E-state index contributed by atoms with van der Waals surface area (Å²) in [6, 6.07) is 11.0. The van der Waals surface area contributed by atoms with Crippen LogP contribution in [-0.4, -0.2) is 72.3 Å². The number of amides is 1. The number of ether oxygens (including phenoxy) is 1. The fraction of sp³-hybridized carbons (Fsp3) is 0.480. The lowest BCUT2D eigenvalue weighted by Crippen LogP contribution is -2.51. The van der Waals surface area contributed by atoms with Crippen molar-refractivity contribution in [1.29, 1.82) is 0 Å². The average Bonchev–Trinajstić information content (AvgIpc) is 3.36. The topological polar surface area (TPSA) is 180 Å². The number of hydrogen-bond donors (Lipinski definition) is 4. The molecule has 12 nitrogen and oxygen atoms in total. The second-order valence-electron chi connectivity index (χ2n) is 9.95. The van der Waals surface area contributed by atoms with Crippen LogP contribution in [0.4, 0.5) is 16.2 Å². The number of hydrogen-bond acceptors (Lipinski definition) is 7. The first-order valence-corrected chi connectivity index (χ1v) is 15.5. The maximum absolute atomic E-state index is 13.5. The summed E-state index contributed by atoms with van der Waals surface area (Å²) in [5, 5.41) is 9.82. The molecular weight excluding hydrogens is 549 g/mol. The Morgan fingerprint density at radius 2 is 1.74 bits per heavy atom. The van der Waals surface area contributed by atoms with Gasteiger partial charge in [-0.1, -0.05) is 26.0 Å². The normalized spacial score (nSPS) is 17.6. The number of anilines is 2. The van der Waals surface area contributed by atoms with Gasteiger partial charge in [0.15, 0.2) is 0 Å². The van der Waals surface area contributed by atoms with E-state index in [0.29, 0.717) is 30.0 Å². The molecule has 0 saturated carbocycles. The van der Waals surface area contributed by atoms with E-state index in [1.165, 1.54) is 35.5 Å². The monoisotopic (exact) mass is 585 g/mol. The van der Waals surface area contributed by atoms with Gasteiger partial charge in [0.25, 0.3) is 10.0 Å². The van der Waals surface area contributed by atoms with Crippen molar-refractivity contribution in [2.45, 2.75) is 56.7 Å². The van der Waals surface area contributed by atoms with Gasteiger partial charge in [-0.25, -0.2) is 17.8 Å². The molecule has 0 bridgehead atoms. The van der Waals surface area contributed by atoms with Crippen molar-refractivity contribution in [2.75, 3.05) is 29.8 Å². The fourth-order valence-corrected chi connectivity index (χ4v) is 6.76. The van der Waals surface area contributed by atoms with Crippen LogP contribution in [0.15, 0.2) is 53.4 Å². The van der Waals surface area contributed by atoms with Gasteiger partial charge in [-0.05, 0) is 61.2 Å². The first kappa shape index (κ1) is 30.9. The molecular formula is C25H36N3O9PS. The molecule has 0 aromatic heterocycles. The number of nitrogens with two attached hydrogens (primary N) is 1. The number of phosphoric acid groups is 1. The molecule has 1 amide bonds. The van der Waals surface area contributed by atoms with E-state index < -0.39 is 42.1 Å². The lowest BCUT2D eigenvalue weighted by Gasteiger charge is -2.36. The molecule has 5 N–H and O–H groups in total. The van der Waals surface area contributed by atoms with Crippen molar-refractivity contribution >= 4 is 35.3 Å². The third-order valence-corrected chi connectivity index (χ3v) is 8.78. The molecule has 3 rings (SSSR count). The number of nitrogen functional groups attached to an aromatic ring is 1. The van der Waals surface area contributed by atoms with E-state index >= 15 is 0 Å². The highest BCUT2D eigenvalue weighted by Gasteiger charge is 2.38. The molecule has 39 heavy (non-hydrogen) atoms. The quantitative estimate of drug-likeness (QED) is 0.213. The molecule has 14 heteroatoms. The van der Waals surface area contributed by atoms with Crippen LogP contribution in [-0.2, 0) is 30.3 Å². The van der Waals surface area contributed by atoms with Crippen molar-refractivity contribution in [3.63, 3.8) is 0 Å². The fourth-order valence-electron chi connectivity index (χ4n) is 4.53. The summed E-state index contributed by atoms with van der Waals surface area (Å²) in [4.78, 5) is 32.3. The number of carbonyl (C=O) groups is 1. The number of rotatable bonds is 12. The molecule has 2 aromatic carbocycles. The molecule has 1 aliphatic heterocycles. The summed E-state index contributed by atoms with van der Waals surface area (Å²) >= 11 is 0. The zero-order chi connectivity index (χ0) is 29.0. The molecule has 1 fully saturated rings. The molecule has 2 aromatic rings. The molecule has 0 spiro atoms. The van der Waals surface area contributed by atoms with Crippen LogP contribution in [0.2, 0.25) is 0 Å². The lowest BCUT2D eigenvalue weighted by atomic mass is 10.0. The number of sulfonamides is 1. The largest absolute Gasteiger partial charge is 0.469 e. The van der Waals surface area contributed by atoms with Crippen molar-refractivity contribution in [2.24, 2.45) is 5.92 Å². The minimum absolute atomic E-state index is 0.0108. The maximum Gasteiger partial charge on any atom is 0.469 e. The average molecular weight is 586 g/mol. The van der Waals surface area contributed by atoms with Crippen LogP contribution < -0.4 is 10.0 Å². The van der Waals surface area contributed by atoms with Crippen LogP contribution in [0.5, 0.6) is 0 Å². The SMILES string of the molecule is CC(C)CN(c1ccc(C[C@H](OP(=O)(O)O)[C@H](C)N(C(=O)O)[C@H]2CCOC2)cc1)S(=O)(=O)c1ccc(N)cc1. The minimum atomic E-state index is -4.96. The van der Waals surface area contributed by atoms with Gasteiger partial charge in [0.2, 0.25) is 0 Å². The van der Waals surface area contributed by atoms with Crippen LogP contribution >= 0.6 is 7.82 Å². The third-order valence-electron chi connectivity index (χ3n) is 6.43. The summed E-state index contributed by atoms with van der Waals surface area (Å²) < 4.78 is 50.3. The third kappa shape index (κ3) is 8.17. The standard InChI is InChI=1S/C25H36N3O9PS/c1-17(2)15-27(39(34,35)23-10-6-20(26)7-11-23)21-8-4-19(5-9-21)14-24(37-38(31,32)33)18(3)28(25(29)30)22-12-13-36-16-22/h4-11,17-18,22,24H,12-16,26H2,1-3H3,(H,29,30)(H2,31,32,33)/t18-,22-,24-/m0/s1. The molecule has 1 saturated heterocycles. The Labute approximate surface area is 228 Å². The molecule has 216 valence electrons. The Morgan fingerprint density at radius 3 is 2.23 bits per heavy atom. The molecule has 1 aliphatic rings. The van der Waals surface area contributed by atoms with Gasteiger partial charge in [-0.2, -0.15) is 0 Å². The first-order valence-electron chi connectivity index (χ1n) is 12.5.